The van der Waals surface area contributed by atoms with Gasteiger partial charge in [0.1, 0.15) is 0 Å². The van der Waals surface area contributed by atoms with Crippen LogP contribution in [0.15, 0.2) is 30.3 Å². The van der Waals surface area contributed by atoms with Gasteiger partial charge in [0, 0.05) is 0 Å². The van der Waals surface area contributed by atoms with Gasteiger partial charge < -0.3 is 0 Å². The van der Waals surface area contributed by atoms with Crippen LogP contribution >= 0.6 is 0 Å². The van der Waals surface area contributed by atoms with E-state index < -0.39 is 10.2 Å². The minimum absolute atomic E-state index is 0.241. The van der Waals surface area contributed by atoms with Crippen molar-refractivity contribution in [3.05, 3.63) is 30.3 Å². The Labute approximate surface area is 195 Å². The first-order valence-electron chi connectivity index (χ1n) is 12.1. The molecule has 0 radical (unpaired) electrons. The summed E-state index contributed by atoms with van der Waals surface area (Å²) >= 11 is -0.241. The molecule has 1 aliphatic rings. The third kappa shape index (κ3) is 7.36. The Morgan fingerprint density at radius 1 is 0.968 bits per heavy atom. The molecule has 0 bridgehead atoms. The average Bonchev–Trinajstić information content (AvgIpc) is 3.02. The van der Waals surface area contributed by atoms with Crippen molar-refractivity contribution in [1.82, 2.24) is 0 Å². The van der Waals surface area contributed by atoms with Crippen LogP contribution in [0.2, 0.25) is 4.31 Å². The average molecular weight is 496 g/mol. The molecule has 1 heterocycles. The van der Waals surface area contributed by atoms with E-state index in [0.717, 1.165) is 23.7 Å². The monoisotopic (exact) mass is 496 g/mol. The zero-order valence-corrected chi connectivity index (χ0v) is 21.3. The van der Waals surface area contributed by atoms with Crippen LogP contribution in [0.25, 0.3) is 0 Å². The predicted molar refractivity (Wildman–Crippen MR) is 127 cm³/mol. The van der Waals surface area contributed by atoms with Gasteiger partial charge in [0.05, 0.1) is 0 Å². The van der Waals surface area contributed by atoms with Crippen molar-refractivity contribution in [2.24, 2.45) is 5.92 Å². The first-order chi connectivity index (χ1) is 15.1. The number of rotatable bonds is 15. The van der Waals surface area contributed by atoms with Crippen LogP contribution < -0.4 is 4.46 Å². The molecule has 5 heteroatoms. The Kier molecular flexibility index (Phi) is 11.7. The molecular weight excluding hydrogens is 455 g/mol. The summed E-state index contributed by atoms with van der Waals surface area (Å²) in [5, 5.41) is 0. The Hall–Kier alpha value is -1.32. The molecule has 31 heavy (non-hydrogen) atoms. The number of methoxy groups -OCH3 is 1. The van der Waals surface area contributed by atoms with Gasteiger partial charge >= 0.3 is 175 Å². The molecule has 1 aromatic carbocycles. The Morgan fingerprint density at radius 3 is 2.06 bits per heavy atom. The van der Waals surface area contributed by atoms with E-state index in [2.05, 4.69) is 6.92 Å². The van der Waals surface area contributed by atoms with E-state index in [9.17, 15) is 9.59 Å². The first kappa shape index (κ1) is 25.9. The standard InChI is InChI=1S/C26H40O4Se/c1-4-5-6-7-8-9-10-11-12-13-17-20-23-26(25(28)29-3,21(2)24(27)30-23)31-22-18-15-14-16-19-22/h14-16,18-19,21,23H,4-13,17,20H2,1-3H3/t21-,23-,26+/m0/s1. The Morgan fingerprint density at radius 2 is 1.52 bits per heavy atom. The van der Waals surface area contributed by atoms with Crippen molar-refractivity contribution < 1.29 is 19.1 Å². The number of esters is 2. The quantitative estimate of drug-likeness (QED) is 0.180. The summed E-state index contributed by atoms with van der Waals surface area (Å²) in [4.78, 5) is 25.5. The number of ether oxygens (including phenoxy) is 2. The molecule has 0 N–H and O–H groups in total. The molecule has 1 aliphatic heterocycles. The second-order valence-electron chi connectivity index (χ2n) is 8.67. The molecule has 0 aliphatic carbocycles. The van der Waals surface area contributed by atoms with Crippen molar-refractivity contribution in [2.45, 2.75) is 101 Å². The fraction of sp³-hybridized carbons (Fsp3) is 0.692. The minimum atomic E-state index is -0.876. The van der Waals surface area contributed by atoms with E-state index in [0.29, 0.717) is 0 Å². The molecule has 0 amide bonds. The van der Waals surface area contributed by atoms with Gasteiger partial charge in [-0.25, -0.2) is 0 Å². The number of benzene rings is 1. The van der Waals surface area contributed by atoms with Crippen LogP contribution in [0, 0.1) is 5.92 Å². The van der Waals surface area contributed by atoms with Crippen molar-refractivity contribution in [2.75, 3.05) is 7.11 Å². The summed E-state index contributed by atoms with van der Waals surface area (Å²) in [5.74, 6) is -1.04. The van der Waals surface area contributed by atoms with E-state index in [1.807, 2.05) is 37.3 Å². The van der Waals surface area contributed by atoms with E-state index in [-0.39, 0.29) is 33.0 Å². The number of hydrogen-bond donors (Lipinski definition) is 0. The second kappa shape index (κ2) is 14.0. The number of carbonyl (C=O) groups excluding carboxylic acids is 2. The van der Waals surface area contributed by atoms with Crippen LogP contribution in [-0.4, -0.2) is 40.1 Å². The molecule has 1 aromatic rings. The van der Waals surface area contributed by atoms with Crippen molar-refractivity contribution in [3.63, 3.8) is 0 Å². The molecular formula is C26H40O4Se. The third-order valence-corrected chi connectivity index (χ3v) is 9.76. The van der Waals surface area contributed by atoms with Crippen LogP contribution in [0.5, 0.6) is 0 Å². The van der Waals surface area contributed by atoms with Crippen molar-refractivity contribution >= 4 is 31.4 Å². The fourth-order valence-electron chi connectivity index (χ4n) is 4.40. The van der Waals surface area contributed by atoms with Gasteiger partial charge in [-0.15, -0.1) is 0 Å². The number of cyclic esters (lactones) is 1. The summed E-state index contributed by atoms with van der Waals surface area (Å²) in [6, 6.07) is 9.97. The summed E-state index contributed by atoms with van der Waals surface area (Å²) in [6.07, 6.45) is 14.3. The maximum atomic E-state index is 13.0. The second-order valence-corrected chi connectivity index (χ2v) is 11.5. The van der Waals surface area contributed by atoms with Gasteiger partial charge in [-0.2, -0.15) is 0 Å². The van der Waals surface area contributed by atoms with E-state index in [1.54, 1.807) is 0 Å². The summed E-state index contributed by atoms with van der Waals surface area (Å²) in [6.45, 7) is 4.08. The van der Waals surface area contributed by atoms with Gasteiger partial charge in [0.25, 0.3) is 0 Å². The molecule has 0 spiro atoms. The van der Waals surface area contributed by atoms with Crippen LogP contribution in [0.4, 0.5) is 0 Å². The van der Waals surface area contributed by atoms with Crippen LogP contribution in [0.3, 0.4) is 0 Å². The van der Waals surface area contributed by atoms with E-state index in [4.69, 9.17) is 9.47 Å². The normalized spacial score (nSPS) is 23.0. The van der Waals surface area contributed by atoms with Gasteiger partial charge in [-0.05, 0) is 0 Å². The zero-order valence-electron chi connectivity index (χ0n) is 19.6. The number of unbranched alkanes of at least 4 members (excludes halogenated alkanes) is 10. The van der Waals surface area contributed by atoms with Gasteiger partial charge in [0.2, 0.25) is 0 Å². The third-order valence-electron chi connectivity index (χ3n) is 6.34. The predicted octanol–water partition coefficient (Wildman–Crippen LogP) is 5.61. The van der Waals surface area contributed by atoms with E-state index >= 15 is 0 Å². The molecule has 2 rings (SSSR count). The maximum absolute atomic E-state index is 13.0. The van der Waals surface area contributed by atoms with Gasteiger partial charge in [-0.3, -0.25) is 0 Å². The first-order valence-corrected chi connectivity index (χ1v) is 13.8. The van der Waals surface area contributed by atoms with Crippen molar-refractivity contribution in [3.8, 4) is 0 Å². The molecule has 0 saturated carbocycles. The molecule has 1 fully saturated rings. The molecule has 1 saturated heterocycles. The Bertz CT molecular complexity index is 663. The van der Waals surface area contributed by atoms with Crippen molar-refractivity contribution in [1.29, 1.82) is 0 Å². The molecule has 3 atom stereocenters. The van der Waals surface area contributed by atoms with Crippen LogP contribution in [-0.2, 0) is 19.1 Å². The molecule has 0 aromatic heterocycles. The van der Waals surface area contributed by atoms with Crippen LogP contribution in [0.1, 0.15) is 90.9 Å². The van der Waals surface area contributed by atoms with Gasteiger partial charge in [-0.1, -0.05) is 19.8 Å². The fourth-order valence-corrected chi connectivity index (χ4v) is 7.38. The summed E-state index contributed by atoms with van der Waals surface area (Å²) < 4.78 is 11.2. The molecule has 174 valence electrons. The topological polar surface area (TPSA) is 52.6 Å². The number of carbonyl (C=O) groups is 2. The molecule has 0 unspecified atom stereocenters. The SMILES string of the molecule is CCCCCCCCCCCCC[C@@H]1OC(=O)[C@H](C)[C@]1([Se]c1ccccc1)C(=O)OC. The number of hydrogen-bond acceptors (Lipinski definition) is 4. The van der Waals surface area contributed by atoms with Gasteiger partial charge in [0.15, 0.2) is 0 Å². The molecule has 4 nitrogen and oxygen atoms in total. The van der Waals surface area contributed by atoms with E-state index in [1.165, 1.54) is 64.9 Å². The zero-order chi connectivity index (χ0) is 22.5. The summed E-state index contributed by atoms with van der Waals surface area (Å²) in [5.41, 5.74) is 0. The summed E-state index contributed by atoms with van der Waals surface area (Å²) in [7, 11) is 1.42. The Balaban J connectivity index is 1.84.